The standard InChI is InChI=1S/C15H22F2N2/c1-3-18-14(10-19(2)9-11-7-8-11)12-5-4-6-13(16)15(12)17/h4-6,11,14,18H,3,7-10H2,1-2H3. The molecule has 0 saturated heterocycles. The van der Waals surface area contributed by atoms with Gasteiger partial charge in [-0.3, -0.25) is 0 Å². The molecule has 1 atom stereocenters. The van der Waals surface area contributed by atoms with Crippen LogP contribution in [0.25, 0.3) is 0 Å². The lowest BCUT2D eigenvalue weighted by atomic mass is 10.1. The number of rotatable bonds is 7. The first-order chi connectivity index (χ1) is 9.11. The van der Waals surface area contributed by atoms with Gasteiger partial charge in [-0.15, -0.1) is 0 Å². The van der Waals surface area contributed by atoms with E-state index in [9.17, 15) is 8.78 Å². The molecule has 0 amide bonds. The van der Waals surface area contributed by atoms with Crippen molar-refractivity contribution in [3.05, 3.63) is 35.4 Å². The van der Waals surface area contributed by atoms with Gasteiger partial charge in [0.2, 0.25) is 0 Å². The molecule has 4 heteroatoms. The van der Waals surface area contributed by atoms with Crippen LogP contribution in [0.15, 0.2) is 18.2 Å². The summed E-state index contributed by atoms with van der Waals surface area (Å²) < 4.78 is 27.2. The van der Waals surface area contributed by atoms with E-state index in [4.69, 9.17) is 0 Å². The van der Waals surface area contributed by atoms with Gasteiger partial charge in [-0.05, 0) is 38.4 Å². The van der Waals surface area contributed by atoms with Crippen LogP contribution in [0.5, 0.6) is 0 Å². The largest absolute Gasteiger partial charge is 0.309 e. The zero-order valence-corrected chi connectivity index (χ0v) is 11.6. The Morgan fingerprint density at radius 1 is 1.37 bits per heavy atom. The molecule has 1 N–H and O–H groups in total. The highest BCUT2D eigenvalue weighted by molar-refractivity contribution is 5.23. The first-order valence-electron chi connectivity index (χ1n) is 6.97. The summed E-state index contributed by atoms with van der Waals surface area (Å²) in [6.45, 7) is 4.45. The van der Waals surface area contributed by atoms with Gasteiger partial charge < -0.3 is 10.2 Å². The molecule has 0 bridgehead atoms. The van der Waals surface area contributed by atoms with E-state index in [1.807, 2.05) is 14.0 Å². The molecule has 106 valence electrons. The fraction of sp³-hybridized carbons (Fsp3) is 0.600. The lowest BCUT2D eigenvalue weighted by Gasteiger charge is -2.25. The Morgan fingerprint density at radius 3 is 2.74 bits per heavy atom. The van der Waals surface area contributed by atoms with Crippen molar-refractivity contribution in [1.29, 1.82) is 0 Å². The molecular formula is C15H22F2N2. The minimum absolute atomic E-state index is 0.163. The Kier molecular flexibility index (Phi) is 4.88. The van der Waals surface area contributed by atoms with Crippen LogP contribution in [-0.4, -0.2) is 31.6 Å². The van der Waals surface area contributed by atoms with E-state index < -0.39 is 11.6 Å². The molecule has 1 aromatic rings. The molecule has 2 rings (SSSR count). The van der Waals surface area contributed by atoms with Gasteiger partial charge in [-0.1, -0.05) is 19.1 Å². The molecule has 1 aliphatic carbocycles. The molecule has 0 aromatic heterocycles. The third-order valence-corrected chi connectivity index (χ3v) is 3.57. The second kappa shape index (κ2) is 6.44. The van der Waals surface area contributed by atoms with E-state index in [0.717, 1.165) is 25.1 Å². The highest BCUT2D eigenvalue weighted by Crippen LogP contribution is 2.30. The summed E-state index contributed by atoms with van der Waals surface area (Å²) in [5.74, 6) is -0.705. The van der Waals surface area contributed by atoms with Crippen molar-refractivity contribution in [3.8, 4) is 0 Å². The lowest BCUT2D eigenvalue weighted by molar-refractivity contribution is 0.278. The maximum absolute atomic E-state index is 13.9. The van der Waals surface area contributed by atoms with Gasteiger partial charge in [0.1, 0.15) is 0 Å². The van der Waals surface area contributed by atoms with Gasteiger partial charge in [-0.2, -0.15) is 0 Å². The topological polar surface area (TPSA) is 15.3 Å². The summed E-state index contributed by atoms with van der Waals surface area (Å²) in [4.78, 5) is 2.20. The number of nitrogens with one attached hydrogen (secondary N) is 1. The Morgan fingerprint density at radius 2 is 2.11 bits per heavy atom. The van der Waals surface area contributed by atoms with E-state index in [-0.39, 0.29) is 6.04 Å². The first-order valence-corrected chi connectivity index (χ1v) is 6.97. The van der Waals surface area contributed by atoms with Gasteiger partial charge >= 0.3 is 0 Å². The second-order valence-corrected chi connectivity index (χ2v) is 5.42. The number of nitrogens with zero attached hydrogens (tertiary/aromatic N) is 1. The Balaban J connectivity index is 2.06. The Bertz CT molecular complexity index is 419. The van der Waals surface area contributed by atoms with Crippen LogP contribution >= 0.6 is 0 Å². The van der Waals surface area contributed by atoms with Crippen molar-refractivity contribution in [3.63, 3.8) is 0 Å². The highest BCUT2D eigenvalue weighted by Gasteiger charge is 2.25. The van der Waals surface area contributed by atoms with Crippen LogP contribution in [0.3, 0.4) is 0 Å². The zero-order valence-electron chi connectivity index (χ0n) is 11.6. The fourth-order valence-corrected chi connectivity index (χ4v) is 2.44. The van der Waals surface area contributed by atoms with Crippen molar-refractivity contribution < 1.29 is 8.78 Å². The number of hydrogen-bond acceptors (Lipinski definition) is 2. The smallest absolute Gasteiger partial charge is 0.163 e. The van der Waals surface area contributed by atoms with Crippen LogP contribution in [0.1, 0.15) is 31.4 Å². The molecule has 1 fully saturated rings. The summed E-state index contributed by atoms with van der Waals surface area (Å²) in [6.07, 6.45) is 2.59. The van der Waals surface area contributed by atoms with Crippen molar-refractivity contribution in [2.45, 2.75) is 25.8 Å². The predicted molar refractivity (Wildman–Crippen MR) is 73.0 cm³/mol. The van der Waals surface area contributed by atoms with Crippen molar-refractivity contribution >= 4 is 0 Å². The van der Waals surface area contributed by atoms with Gasteiger partial charge in [0.25, 0.3) is 0 Å². The third-order valence-electron chi connectivity index (χ3n) is 3.57. The van der Waals surface area contributed by atoms with E-state index >= 15 is 0 Å². The van der Waals surface area contributed by atoms with Crippen LogP contribution in [0, 0.1) is 17.6 Å². The number of hydrogen-bond donors (Lipinski definition) is 1. The van der Waals surface area contributed by atoms with E-state index in [0.29, 0.717) is 12.1 Å². The highest BCUT2D eigenvalue weighted by atomic mass is 19.2. The average Bonchev–Trinajstić information content (AvgIpc) is 3.16. The molecule has 0 radical (unpaired) electrons. The molecule has 1 aromatic carbocycles. The molecule has 19 heavy (non-hydrogen) atoms. The summed E-state index contributed by atoms with van der Waals surface area (Å²) in [6, 6.07) is 4.23. The maximum atomic E-state index is 13.9. The molecule has 1 saturated carbocycles. The number of benzene rings is 1. The zero-order chi connectivity index (χ0) is 13.8. The predicted octanol–water partition coefficient (Wildman–Crippen LogP) is 2.96. The minimum atomic E-state index is -0.773. The molecule has 1 aliphatic rings. The fourth-order valence-electron chi connectivity index (χ4n) is 2.44. The SMILES string of the molecule is CCNC(CN(C)CC1CC1)c1cccc(F)c1F. The summed E-state index contributed by atoms with van der Waals surface area (Å²) in [5, 5.41) is 3.24. The molecule has 2 nitrogen and oxygen atoms in total. The molecule has 1 unspecified atom stereocenters. The average molecular weight is 268 g/mol. The monoisotopic (exact) mass is 268 g/mol. The van der Waals surface area contributed by atoms with E-state index in [2.05, 4.69) is 10.2 Å². The van der Waals surface area contributed by atoms with E-state index in [1.165, 1.54) is 12.8 Å². The second-order valence-electron chi connectivity index (χ2n) is 5.42. The van der Waals surface area contributed by atoms with Gasteiger partial charge in [0.15, 0.2) is 11.6 Å². The maximum Gasteiger partial charge on any atom is 0.163 e. The van der Waals surface area contributed by atoms with Crippen molar-refractivity contribution in [1.82, 2.24) is 10.2 Å². The first kappa shape index (κ1) is 14.4. The lowest BCUT2D eigenvalue weighted by Crippen LogP contribution is -2.34. The summed E-state index contributed by atoms with van der Waals surface area (Å²) in [5.41, 5.74) is 0.421. The van der Waals surface area contributed by atoms with E-state index in [1.54, 1.807) is 12.1 Å². The number of halogens is 2. The van der Waals surface area contributed by atoms with Crippen molar-refractivity contribution in [2.75, 3.05) is 26.7 Å². The quantitative estimate of drug-likeness (QED) is 0.818. The third kappa shape index (κ3) is 3.98. The van der Waals surface area contributed by atoms with Crippen LogP contribution in [0.2, 0.25) is 0 Å². The van der Waals surface area contributed by atoms with Crippen LogP contribution < -0.4 is 5.32 Å². The van der Waals surface area contributed by atoms with Crippen molar-refractivity contribution in [2.24, 2.45) is 5.92 Å². The molecule has 0 spiro atoms. The van der Waals surface area contributed by atoms with Gasteiger partial charge in [-0.25, -0.2) is 8.78 Å². The summed E-state index contributed by atoms with van der Waals surface area (Å²) >= 11 is 0. The minimum Gasteiger partial charge on any atom is -0.309 e. The van der Waals surface area contributed by atoms with Crippen LogP contribution in [0.4, 0.5) is 8.78 Å². The Labute approximate surface area is 113 Å². The van der Waals surface area contributed by atoms with Gasteiger partial charge in [0.05, 0.1) is 0 Å². The molecule has 0 aliphatic heterocycles. The summed E-state index contributed by atoms with van der Waals surface area (Å²) in [7, 11) is 2.04. The van der Waals surface area contributed by atoms with Crippen LogP contribution in [-0.2, 0) is 0 Å². The molecular weight excluding hydrogens is 246 g/mol. The number of likely N-dealkylation sites (N-methyl/N-ethyl adjacent to an activating group) is 2. The Hall–Kier alpha value is -1.00. The normalized spacial score (nSPS) is 16.9. The molecule has 0 heterocycles. The van der Waals surface area contributed by atoms with Gasteiger partial charge in [0, 0.05) is 24.7 Å².